The zero-order valence-corrected chi connectivity index (χ0v) is 26.5. The number of rotatable bonds is 4. The lowest BCUT2D eigenvalue weighted by molar-refractivity contribution is 1.07. The second-order valence-corrected chi connectivity index (χ2v) is 12.5. The first kappa shape index (κ1) is 27.5. The molecule has 0 aliphatic carbocycles. The fourth-order valence-electron chi connectivity index (χ4n) is 7.19. The van der Waals surface area contributed by atoms with Gasteiger partial charge in [-0.05, 0) is 68.7 Å². The molecule has 0 saturated carbocycles. The summed E-state index contributed by atoms with van der Waals surface area (Å²) in [6.45, 7) is 0. The Bertz CT molecular complexity index is 2750. The van der Waals surface area contributed by atoms with Crippen molar-refractivity contribution >= 4 is 54.1 Å². The van der Waals surface area contributed by atoms with E-state index >= 15 is 0 Å². The van der Waals surface area contributed by atoms with Crippen LogP contribution in [0.4, 0.5) is 0 Å². The number of aromatic nitrogens is 4. The largest absolute Gasteiger partial charge is 0.308 e. The molecule has 0 saturated heterocycles. The lowest BCUT2D eigenvalue weighted by atomic mass is 10.0. The van der Waals surface area contributed by atoms with Gasteiger partial charge in [0.05, 0.1) is 16.7 Å². The average Bonchev–Trinajstić information content (AvgIpc) is 3.51. The van der Waals surface area contributed by atoms with Crippen LogP contribution in [-0.2, 0) is 0 Å². The van der Waals surface area contributed by atoms with Crippen molar-refractivity contribution in [1.82, 2.24) is 19.5 Å². The van der Waals surface area contributed by atoms with E-state index in [9.17, 15) is 0 Å². The lowest BCUT2D eigenvalue weighted by Gasteiger charge is -2.16. The standard InChI is InChI=1S/C45H28N4/c1-3-13-31-25-35(23-21-29(31)11-1)43-46-44(36-24-22-30-12-2-4-14-32(30)26-36)48-45(47-43)39-27-33-15-5-6-16-34(33)28-42(39)49-40-19-9-7-17-37(40)38-18-8-10-20-41(38)49/h1-28H. The number of hydrogen-bond donors (Lipinski definition) is 0. The van der Waals surface area contributed by atoms with Gasteiger partial charge in [-0.25, -0.2) is 15.0 Å². The summed E-state index contributed by atoms with van der Waals surface area (Å²) in [4.78, 5) is 15.7. The van der Waals surface area contributed by atoms with Crippen LogP contribution in [0.2, 0.25) is 0 Å². The highest BCUT2D eigenvalue weighted by atomic mass is 15.1. The van der Waals surface area contributed by atoms with Crippen LogP contribution >= 0.6 is 0 Å². The molecule has 0 aliphatic heterocycles. The van der Waals surface area contributed by atoms with Crippen LogP contribution in [0.15, 0.2) is 170 Å². The van der Waals surface area contributed by atoms with E-state index in [1.54, 1.807) is 0 Å². The molecule has 10 aromatic rings. The second-order valence-electron chi connectivity index (χ2n) is 12.5. The van der Waals surface area contributed by atoms with Crippen LogP contribution in [0.5, 0.6) is 0 Å². The Morgan fingerprint density at radius 3 is 1.27 bits per heavy atom. The van der Waals surface area contributed by atoms with Crippen molar-refractivity contribution in [3.05, 3.63) is 170 Å². The zero-order chi connectivity index (χ0) is 32.3. The summed E-state index contributed by atoms with van der Waals surface area (Å²) < 4.78 is 2.36. The molecule has 228 valence electrons. The summed E-state index contributed by atoms with van der Waals surface area (Å²) in [6, 6.07) is 59.9. The summed E-state index contributed by atoms with van der Waals surface area (Å²) in [5.74, 6) is 1.91. The highest BCUT2D eigenvalue weighted by Gasteiger charge is 2.20. The Morgan fingerprint density at radius 2 is 0.735 bits per heavy atom. The van der Waals surface area contributed by atoms with Crippen LogP contribution in [0.3, 0.4) is 0 Å². The molecule has 4 nitrogen and oxygen atoms in total. The van der Waals surface area contributed by atoms with Crippen molar-refractivity contribution in [2.45, 2.75) is 0 Å². The highest BCUT2D eigenvalue weighted by molar-refractivity contribution is 6.10. The minimum Gasteiger partial charge on any atom is -0.308 e. The number of para-hydroxylation sites is 2. The molecule has 0 spiro atoms. The second kappa shape index (κ2) is 11.0. The summed E-state index contributed by atoms with van der Waals surface area (Å²) >= 11 is 0. The molecule has 10 rings (SSSR count). The molecule has 0 fully saturated rings. The van der Waals surface area contributed by atoms with E-state index in [-0.39, 0.29) is 0 Å². The van der Waals surface area contributed by atoms with E-state index in [0.717, 1.165) is 55.0 Å². The van der Waals surface area contributed by atoms with Crippen molar-refractivity contribution in [1.29, 1.82) is 0 Å². The topological polar surface area (TPSA) is 43.6 Å². The van der Waals surface area contributed by atoms with Gasteiger partial charge in [0.2, 0.25) is 0 Å². The molecule has 0 aliphatic rings. The van der Waals surface area contributed by atoms with Crippen LogP contribution in [0.1, 0.15) is 0 Å². The van der Waals surface area contributed by atoms with Gasteiger partial charge in [0.15, 0.2) is 17.5 Å². The molecule has 0 amide bonds. The normalized spacial score (nSPS) is 11.7. The fourth-order valence-corrected chi connectivity index (χ4v) is 7.19. The van der Waals surface area contributed by atoms with E-state index in [4.69, 9.17) is 15.0 Å². The van der Waals surface area contributed by atoms with E-state index in [0.29, 0.717) is 17.5 Å². The third-order valence-electron chi connectivity index (χ3n) is 9.58. The Kier molecular flexibility index (Phi) is 6.15. The summed E-state index contributed by atoms with van der Waals surface area (Å²) in [5.41, 5.74) is 6.14. The van der Waals surface area contributed by atoms with Crippen LogP contribution < -0.4 is 0 Å². The molecule has 0 unspecified atom stereocenters. The van der Waals surface area contributed by atoms with Crippen LogP contribution in [-0.4, -0.2) is 19.5 Å². The molecular weight excluding hydrogens is 597 g/mol. The maximum absolute atomic E-state index is 5.27. The number of hydrogen-bond acceptors (Lipinski definition) is 3. The fraction of sp³-hybridized carbons (Fsp3) is 0. The van der Waals surface area contributed by atoms with Gasteiger partial charge in [0.25, 0.3) is 0 Å². The molecule has 0 bridgehead atoms. The number of nitrogens with zero attached hydrogens (tertiary/aromatic N) is 4. The van der Waals surface area contributed by atoms with Crippen LogP contribution in [0, 0.1) is 0 Å². The Hall–Kier alpha value is -6.65. The van der Waals surface area contributed by atoms with Crippen molar-refractivity contribution in [3.8, 4) is 39.9 Å². The molecule has 0 N–H and O–H groups in total. The van der Waals surface area contributed by atoms with Gasteiger partial charge in [-0.1, -0.05) is 133 Å². The van der Waals surface area contributed by atoms with Crippen molar-refractivity contribution in [2.24, 2.45) is 0 Å². The lowest BCUT2D eigenvalue weighted by Crippen LogP contribution is -2.04. The maximum atomic E-state index is 5.27. The quantitative estimate of drug-likeness (QED) is 0.196. The van der Waals surface area contributed by atoms with Gasteiger partial charge in [0.1, 0.15) is 0 Å². The smallest absolute Gasteiger partial charge is 0.166 e. The van der Waals surface area contributed by atoms with Gasteiger partial charge in [-0.15, -0.1) is 0 Å². The third kappa shape index (κ3) is 4.57. The summed E-state index contributed by atoms with van der Waals surface area (Å²) in [7, 11) is 0. The molecular formula is C45H28N4. The van der Waals surface area contributed by atoms with Gasteiger partial charge < -0.3 is 4.57 Å². The van der Waals surface area contributed by atoms with E-state index in [1.807, 2.05) is 0 Å². The molecule has 2 aromatic heterocycles. The zero-order valence-electron chi connectivity index (χ0n) is 26.5. The van der Waals surface area contributed by atoms with Gasteiger partial charge in [0, 0.05) is 27.5 Å². The number of fused-ring (bicyclic) bond motifs is 6. The Labute approximate surface area is 282 Å². The highest BCUT2D eigenvalue weighted by Crippen LogP contribution is 2.38. The Morgan fingerprint density at radius 1 is 0.327 bits per heavy atom. The third-order valence-corrected chi connectivity index (χ3v) is 9.58. The van der Waals surface area contributed by atoms with Gasteiger partial charge in [-0.3, -0.25) is 0 Å². The first-order chi connectivity index (χ1) is 24.3. The molecule has 4 heteroatoms. The van der Waals surface area contributed by atoms with Crippen molar-refractivity contribution in [2.75, 3.05) is 0 Å². The van der Waals surface area contributed by atoms with Crippen molar-refractivity contribution in [3.63, 3.8) is 0 Å². The summed E-state index contributed by atoms with van der Waals surface area (Å²) in [5, 5.41) is 9.35. The predicted octanol–water partition coefficient (Wildman–Crippen LogP) is 11.4. The average molecular weight is 625 g/mol. The monoisotopic (exact) mass is 624 g/mol. The van der Waals surface area contributed by atoms with Gasteiger partial charge >= 0.3 is 0 Å². The molecule has 2 heterocycles. The van der Waals surface area contributed by atoms with E-state index in [2.05, 4.69) is 174 Å². The molecule has 0 radical (unpaired) electrons. The van der Waals surface area contributed by atoms with Crippen molar-refractivity contribution < 1.29 is 0 Å². The molecule has 0 atom stereocenters. The first-order valence-corrected chi connectivity index (χ1v) is 16.5. The molecule has 49 heavy (non-hydrogen) atoms. The van der Waals surface area contributed by atoms with E-state index in [1.165, 1.54) is 21.5 Å². The maximum Gasteiger partial charge on any atom is 0.166 e. The van der Waals surface area contributed by atoms with Gasteiger partial charge in [-0.2, -0.15) is 0 Å². The molecule has 8 aromatic carbocycles. The Balaban J connectivity index is 1.29. The minimum absolute atomic E-state index is 0.629. The van der Waals surface area contributed by atoms with E-state index < -0.39 is 0 Å². The number of benzene rings is 8. The van der Waals surface area contributed by atoms with Crippen LogP contribution in [0.25, 0.3) is 94.0 Å². The minimum atomic E-state index is 0.629. The SMILES string of the molecule is c1ccc2cc(-c3nc(-c4ccc5ccccc5c4)nc(-c4cc5ccccc5cc4-n4c5ccccc5c5ccccc54)n3)ccc2c1. The first-order valence-electron chi connectivity index (χ1n) is 16.5. The predicted molar refractivity (Wildman–Crippen MR) is 203 cm³/mol. The summed E-state index contributed by atoms with van der Waals surface area (Å²) in [6.07, 6.45) is 0.